The molecule has 0 fully saturated rings. The Morgan fingerprint density at radius 3 is 2.43 bits per heavy atom. The summed E-state index contributed by atoms with van der Waals surface area (Å²) in [7, 11) is 1.89. The highest BCUT2D eigenvalue weighted by molar-refractivity contribution is 5.83. The minimum atomic E-state index is -4.63. The number of aromatic nitrogens is 5. The molecule has 42 heavy (non-hydrogen) atoms. The number of nitrogens with one attached hydrogen (secondary N) is 1. The van der Waals surface area contributed by atoms with Gasteiger partial charge in [-0.25, -0.2) is 23.4 Å². The molecule has 0 saturated heterocycles. The van der Waals surface area contributed by atoms with Crippen LogP contribution in [0, 0.1) is 18.3 Å². The van der Waals surface area contributed by atoms with Gasteiger partial charge < -0.3 is 5.32 Å². The standard InChI is InChI=1S/C30H24F3N7O2/c1-20-27(26-11-15-36-40(26)24-8-6-22(19-34)7-9-24)39(28(41)35-14-10-21-12-16-37(2)17-13-21)29(42)38(20)25-5-3-4-23(18-25)30(31,32)33/h3-9,11-13,15-18H,10,14H2,1-2H3/p+1. The minimum Gasteiger partial charge on any atom is -0.337 e. The van der Waals surface area contributed by atoms with Crippen LogP contribution in [0.4, 0.5) is 18.0 Å². The first-order valence-corrected chi connectivity index (χ1v) is 12.9. The second-order valence-corrected chi connectivity index (χ2v) is 9.58. The maximum atomic E-state index is 13.8. The lowest BCUT2D eigenvalue weighted by molar-refractivity contribution is -0.671. The van der Waals surface area contributed by atoms with Crippen molar-refractivity contribution in [1.82, 2.24) is 24.2 Å². The van der Waals surface area contributed by atoms with E-state index in [4.69, 9.17) is 5.26 Å². The average molecular weight is 573 g/mol. The van der Waals surface area contributed by atoms with Crippen LogP contribution < -0.4 is 15.6 Å². The fraction of sp³-hybridized carbons (Fsp3) is 0.167. The van der Waals surface area contributed by atoms with Gasteiger partial charge in [0.2, 0.25) is 0 Å². The molecule has 1 amide bonds. The van der Waals surface area contributed by atoms with Gasteiger partial charge in [0.05, 0.1) is 46.2 Å². The van der Waals surface area contributed by atoms with Crippen molar-refractivity contribution < 1.29 is 22.5 Å². The van der Waals surface area contributed by atoms with E-state index in [0.717, 1.165) is 26.8 Å². The molecule has 12 heteroatoms. The highest BCUT2D eigenvalue weighted by atomic mass is 19.4. The third-order valence-electron chi connectivity index (χ3n) is 6.78. The van der Waals surface area contributed by atoms with Crippen molar-refractivity contribution in [3.05, 3.63) is 118 Å². The summed E-state index contributed by atoms with van der Waals surface area (Å²) in [6.45, 7) is 1.77. The molecule has 0 radical (unpaired) electrons. The van der Waals surface area contributed by atoms with Gasteiger partial charge in [-0.1, -0.05) is 6.07 Å². The number of pyridine rings is 1. The predicted octanol–water partition coefficient (Wildman–Crippen LogP) is 4.32. The fourth-order valence-electron chi connectivity index (χ4n) is 4.68. The predicted molar refractivity (Wildman–Crippen MR) is 147 cm³/mol. The first-order chi connectivity index (χ1) is 20.1. The third kappa shape index (κ3) is 5.44. The molecule has 5 rings (SSSR count). The molecule has 2 aromatic carbocycles. The molecule has 0 spiro atoms. The summed E-state index contributed by atoms with van der Waals surface area (Å²) in [6, 6.07) is 17.6. The number of alkyl halides is 3. The van der Waals surface area contributed by atoms with E-state index in [-0.39, 0.29) is 23.6 Å². The van der Waals surface area contributed by atoms with Crippen LogP contribution in [0.3, 0.4) is 0 Å². The number of rotatable bonds is 6. The number of halogens is 3. The van der Waals surface area contributed by atoms with Crippen LogP contribution in [0.2, 0.25) is 0 Å². The Balaban J connectivity index is 1.61. The number of benzene rings is 2. The van der Waals surface area contributed by atoms with E-state index >= 15 is 0 Å². The molecule has 0 bridgehead atoms. The second kappa shape index (κ2) is 11.2. The molecular weight excluding hydrogens is 547 g/mol. The number of hydrogen-bond donors (Lipinski definition) is 1. The van der Waals surface area contributed by atoms with Crippen molar-refractivity contribution in [3.8, 4) is 28.8 Å². The smallest absolute Gasteiger partial charge is 0.337 e. The van der Waals surface area contributed by atoms with Crippen LogP contribution in [0.1, 0.15) is 22.4 Å². The Bertz CT molecular complexity index is 1860. The van der Waals surface area contributed by atoms with Gasteiger partial charge in [0.1, 0.15) is 12.7 Å². The lowest BCUT2D eigenvalue weighted by atomic mass is 10.2. The molecule has 5 aromatic rings. The van der Waals surface area contributed by atoms with E-state index in [0.29, 0.717) is 23.4 Å². The lowest BCUT2D eigenvalue weighted by Gasteiger charge is -2.12. The van der Waals surface area contributed by atoms with Crippen LogP contribution in [-0.4, -0.2) is 31.5 Å². The highest BCUT2D eigenvalue weighted by Crippen LogP contribution is 2.32. The molecule has 0 aliphatic heterocycles. The van der Waals surface area contributed by atoms with Crippen molar-refractivity contribution in [1.29, 1.82) is 5.26 Å². The number of nitriles is 1. The first-order valence-electron chi connectivity index (χ1n) is 12.9. The minimum absolute atomic E-state index is 0.0401. The van der Waals surface area contributed by atoms with Gasteiger partial charge in [0, 0.05) is 18.7 Å². The number of imidazole rings is 1. The fourth-order valence-corrected chi connectivity index (χ4v) is 4.68. The Kier molecular flexibility index (Phi) is 7.50. The van der Waals surface area contributed by atoms with Crippen molar-refractivity contribution in [2.24, 2.45) is 7.05 Å². The highest BCUT2D eigenvalue weighted by Gasteiger charge is 2.32. The van der Waals surface area contributed by atoms with Gasteiger partial charge in [-0.2, -0.15) is 23.5 Å². The van der Waals surface area contributed by atoms with Crippen molar-refractivity contribution in [2.45, 2.75) is 19.5 Å². The summed E-state index contributed by atoms with van der Waals surface area (Å²) >= 11 is 0. The number of nitrogens with zero attached hydrogens (tertiary/aromatic N) is 6. The van der Waals surface area contributed by atoms with Crippen molar-refractivity contribution in [2.75, 3.05) is 6.54 Å². The molecule has 3 heterocycles. The molecular formula is C30H25F3N7O2+. The van der Waals surface area contributed by atoms with Gasteiger partial charge in [-0.05, 0) is 67.4 Å². The Morgan fingerprint density at radius 1 is 1.05 bits per heavy atom. The van der Waals surface area contributed by atoms with Gasteiger partial charge >= 0.3 is 17.9 Å². The average Bonchev–Trinajstić information content (AvgIpc) is 3.55. The molecule has 0 unspecified atom stereocenters. The van der Waals surface area contributed by atoms with Crippen LogP contribution >= 0.6 is 0 Å². The van der Waals surface area contributed by atoms with E-state index < -0.39 is 23.5 Å². The van der Waals surface area contributed by atoms with Crippen molar-refractivity contribution >= 4 is 6.03 Å². The van der Waals surface area contributed by atoms with Gasteiger partial charge in [-0.15, -0.1) is 0 Å². The molecule has 0 saturated carbocycles. The first kappa shape index (κ1) is 28.1. The number of carbonyl (C=O) groups excluding carboxylic acids is 1. The monoisotopic (exact) mass is 572 g/mol. The van der Waals surface area contributed by atoms with Crippen LogP contribution in [0.25, 0.3) is 22.8 Å². The number of carbonyl (C=O) groups is 1. The summed E-state index contributed by atoms with van der Waals surface area (Å²) in [5, 5.41) is 16.3. The van der Waals surface area contributed by atoms with E-state index in [9.17, 15) is 22.8 Å². The molecule has 9 nitrogen and oxygen atoms in total. The molecule has 0 atom stereocenters. The molecule has 0 aliphatic rings. The molecule has 212 valence electrons. The number of hydrogen-bond acceptors (Lipinski definition) is 4. The largest absolute Gasteiger partial charge is 0.416 e. The summed E-state index contributed by atoms with van der Waals surface area (Å²) in [5.74, 6) is 0. The third-order valence-corrected chi connectivity index (χ3v) is 6.78. The quantitative estimate of drug-likeness (QED) is 0.307. The van der Waals surface area contributed by atoms with Gasteiger partial charge in [0.25, 0.3) is 0 Å². The van der Waals surface area contributed by atoms with Crippen LogP contribution in [0.5, 0.6) is 0 Å². The normalized spacial score (nSPS) is 11.3. The zero-order chi connectivity index (χ0) is 30.0. The number of aryl methyl sites for hydroxylation is 1. The van der Waals surface area contributed by atoms with Gasteiger partial charge in [0.15, 0.2) is 12.4 Å². The zero-order valence-corrected chi connectivity index (χ0v) is 22.6. The van der Waals surface area contributed by atoms with E-state index in [1.54, 1.807) is 37.3 Å². The molecule has 1 N–H and O–H groups in total. The summed E-state index contributed by atoms with van der Waals surface area (Å²) < 4.78 is 45.9. The maximum absolute atomic E-state index is 13.8. The Hall–Kier alpha value is -5.44. The SMILES string of the molecule is Cc1c(-c2ccnn2-c2ccc(C#N)cc2)n(C(=O)NCCc2cc[n+](C)cc2)c(=O)n1-c1cccc(C(F)(F)F)c1. The summed E-state index contributed by atoms with van der Waals surface area (Å²) in [5.41, 5.74) is 0.899. The van der Waals surface area contributed by atoms with Crippen LogP contribution in [0.15, 0.2) is 90.1 Å². The van der Waals surface area contributed by atoms with E-state index in [2.05, 4.69) is 10.4 Å². The molecule has 0 aliphatic carbocycles. The summed E-state index contributed by atoms with van der Waals surface area (Å²) in [6.07, 6.45) is 1.11. The zero-order valence-electron chi connectivity index (χ0n) is 22.6. The van der Waals surface area contributed by atoms with E-state index in [1.807, 2.05) is 42.2 Å². The van der Waals surface area contributed by atoms with Gasteiger partial charge in [-0.3, -0.25) is 4.57 Å². The second-order valence-electron chi connectivity index (χ2n) is 9.58. The lowest BCUT2D eigenvalue weighted by Crippen LogP contribution is -2.38. The Labute approximate surface area is 238 Å². The molecule has 3 aromatic heterocycles. The topological polar surface area (TPSA) is 102 Å². The van der Waals surface area contributed by atoms with Crippen LogP contribution in [-0.2, 0) is 19.6 Å². The number of amides is 1. The summed E-state index contributed by atoms with van der Waals surface area (Å²) in [4.78, 5) is 27.4. The van der Waals surface area contributed by atoms with E-state index in [1.165, 1.54) is 23.0 Å². The van der Waals surface area contributed by atoms with Crippen molar-refractivity contribution in [3.63, 3.8) is 0 Å². The maximum Gasteiger partial charge on any atom is 0.416 e. The Morgan fingerprint density at radius 2 is 1.76 bits per heavy atom.